The molecule has 3 heteroatoms. The summed E-state index contributed by atoms with van der Waals surface area (Å²) in [5.41, 5.74) is 0.926. The van der Waals surface area contributed by atoms with Gasteiger partial charge in [-0.05, 0) is 13.6 Å². The lowest BCUT2D eigenvalue weighted by Crippen LogP contribution is -1.95. The zero-order chi connectivity index (χ0) is 7.11. The highest BCUT2D eigenvalue weighted by Crippen LogP contribution is 1.75. The standard InChI is InChI=1S/C6H11N3/c1-6(4-7-2)9-5-8-3/h5H,2,4H2,1,3H3. The molecule has 0 aliphatic heterocycles. The molecule has 0 N–H and O–H groups in total. The van der Waals surface area contributed by atoms with Crippen LogP contribution in [-0.4, -0.2) is 32.4 Å². The fraction of sp³-hybridized carbons (Fsp3) is 0.500. The van der Waals surface area contributed by atoms with Gasteiger partial charge in [-0.3, -0.25) is 9.98 Å². The Balaban J connectivity index is 3.68. The van der Waals surface area contributed by atoms with E-state index in [0.29, 0.717) is 6.54 Å². The summed E-state index contributed by atoms with van der Waals surface area (Å²) in [6.07, 6.45) is 1.50. The van der Waals surface area contributed by atoms with Gasteiger partial charge >= 0.3 is 0 Å². The van der Waals surface area contributed by atoms with Crippen LogP contribution in [0.4, 0.5) is 0 Å². The molecule has 0 rings (SSSR count). The summed E-state index contributed by atoms with van der Waals surface area (Å²) in [6, 6.07) is 0. The first-order chi connectivity index (χ1) is 4.31. The summed E-state index contributed by atoms with van der Waals surface area (Å²) in [6.45, 7) is 5.81. The van der Waals surface area contributed by atoms with Crippen molar-refractivity contribution in [3.8, 4) is 0 Å². The minimum absolute atomic E-state index is 0.589. The average molecular weight is 125 g/mol. The van der Waals surface area contributed by atoms with Crippen LogP contribution in [0.5, 0.6) is 0 Å². The van der Waals surface area contributed by atoms with Gasteiger partial charge in [0.2, 0.25) is 0 Å². The van der Waals surface area contributed by atoms with E-state index in [9.17, 15) is 0 Å². The molecule has 0 aromatic rings. The van der Waals surface area contributed by atoms with Crippen molar-refractivity contribution in [2.75, 3.05) is 13.6 Å². The molecule has 9 heavy (non-hydrogen) atoms. The summed E-state index contributed by atoms with van der Waals surface area (Å²) < 4.78 is 0. The van der Waals surface area contributed by atoms with Crippen LogP contribution in [0.25, 0.3) is 0 Å². The van der Waals surface area contributed by atoms with E-state index < -0.39 is 0 Å². The third-order valence-electron chi connectivity index (χ3n) is 0.734. The molecule has 0 aromatic heterocycles. The van der Waals surface area contributed by atoms with Gasteiger partial charge in [0.1, 0.15) is 6.34 Å². The lowest BCUT2D eigenvalue weighted by atomic mass is 10.4. The Morgan fingerprint density at radius 1 is 1.67 bits per heavy atom. The summed E-state index contributed by atoms with van der Waals surface area (Å²) in [5.74, 6) is 0. The van der Waals surface area contributed by atoms with E-state index in [1.54, 1.807) is 7.05 Å². The number of nitrogens with zero attached hydrogens (tertiary/aromatic N) is 3. The normalized spacial score (nSPS) is 12.4. The van der Waals surface area contributed by atoms with Crippen molar-refractivity contribution < 1.29 is 0 Å². The summed E-state index contributed by atoms with van der Waals surface area (Å²) in [7, 11) is 1.68. The Hall–Kier alpha value is -0.990. The Morgan fingerprint density at radius 2 is 2.33 bits per heavy atom. The maximum Gasteiger partial charge on any atom is 0.109 e. The van der Waals surface area contributed by atoms with E-state index in [1.165, 1.54) is 6.34 Å². The van der Waals surface area contributed by atoms with Crippen LogP contribution in [-0.2, 0) is 0 Å². The molecule has 0 atom stereocenters. The molecule has 50 valence electrons. The number of hydrogen-bond acceptors (Lipinski definition) is 2. The third-order valence-corrected chi connectivity index (χ3v) is 0.734. The molecule has 0 fully saturated rings. The average Bonchev–Trinajstić information content (AvgIpc) is 1.85. The van der Waals surface area contributed by atoms with Gasteiger partial charge in [-0.1, -0.05) is 0 Å². The molecule has 0 spiro atoms. The summed E-state index contributed by atoms with van der Waals surface area (Å²) >= 11 is 0. The van der Waals surface area contributed by atoms with Gasteiger partial charge in [-0.2, -0.15) is 0 Å². The molecular formula is C6H11N3. The van der Waals surface area contributed by atoms with Gasteiger partial charge in [0.05, 0.1) is 6.54 Å². The number of hydrogen-bond donors (Lipinski definition) is 0. The van der Waals surface area contributed by atoms with Crippen molar-refractivity contribution in [2.45, 2.75) is 6.92 Å². The van der Waals surface area contributed by atoms with E-state index in [0.717, 1.165) is 5.71 Å². The largest absolute Gasteiger partial charge is 0.295 e. The van der Waals surface area contributed by atoms with Crippen molar-refractivity contribution in [3.05, 3.63) is 0 Å². The summed E-state index contributed by atoms with van der Waals surface area (Å²) in [4.78, 5) is 11.3. The predicted octanol–water partition coefficient (Wildman–Crippen LogP) is 0.806. The van der Waals surface area contributed by atoms with E-state index in [2.05, 4.69) is 21.7 Å². The molecule has 3 nitrogen and oxygen atoms in total. The maximum atomic E-state index is 3.92. The van der Waals surface area contributed by atoms with Crippen molar-refractivity contribution in [1.29, 1.82) is 0 Å². The zero-order valence-electron chi connectivity index (χ0n) is 5.83. The van der Waals surface area contributed by atoms with Crippen molar-refractivity contribution in [1.82, 2.24) is 0 Å². The molecule has 0 bridgehead atoms. The third kappa shape index (κ3) is 4.87. The highest BCUT2D eigenvalue weighted by Gasteiger charge is 1.81. The van der Waals surface area contributed by atoms with Gasteiger partial charge in [0, 0.05) is 12.8 Å². The van der Waals surface area contributed by atoms with Gasteiger partial charge < -0.3 is 0 Å². The molecule has 0 aromatic carbocycles. The minimum Gasteiger partial charge on any atom is -0.295 e. The smallest absolute Gasteiger partial charge is 0.109 e. The highest BCUT2D eigenvalue weighted by atomic mass is 14.9. The quantitative estimate of drug-likeness (QED) is 0.395. The molecule has 0 aliphatic carbocycles. The van der Waals surface area contributed by atoms with Crippen LogP contribution in [0.1, 0.15) is 6.92 Å². The Kier molecular flexibility index (Phi) is 4.59. The molecule has 0 saturated heterocycles. The topological polar surface area (TPSA) is 37.1 Å². The van der Waals surface area contributed by atoms with Crippen LogP contribution in [0, 0.1) is 0 Å². The molecule has 0 unspecified atom stereocenters. The molecule has 0 aliphatic rings. The van der Waals surface area contributed by atoms with Crippen LogP contribution in [0.15, 0.2) is 15.0 Å². The first kappa shape index (κ1) is 8.01. The fourth-order valence-electron chi connectivity index (χ4n) is 0.359. The van der Waals surface area contributed by atoms with Crippen LogP contribution >= 0.6 is 0 Å². The van der Waals surface area contributed by atoms with E-state index in [4.69, 9.17) is 0 Å². The van der Waals surface area contributed by atoms with Gasteiger partial charge in [-0.15, -0.1) is 0 Å². The second kappa shape index (κ2) is 5.15. The lowest BCUT2D eigenvalue weighted by Gasteiger charge is -1.87. The number of rotatable bonds is 3. The zero-order valence-corrected chi connectivity index (χ0v) is 5.83. The van der Waals surface area contributed by atoms with Crippen molar-refractivity contribution in [2.24, 2.45) is 15.0 Å². The lowest BCUT2D eigenvalue weighted by molar-refractivity contribution is 1.30. The van der Waals surface area contributed by atoms with Crippen LogP contribution in [0.3, 0.4) is 0 Å². The number of aliphatic imine (C=N–C) groups is 3. The van der Waals surface area contributed by atoms with E-state index in [-0.39, 0.29) is 0 Å². The SMILES string of the molecule is C=NCC(C)=NC=NC. The van der Waals surface area contributed by atoms with Gasteiger partial charge in [-0.25, -0.2) is 4.99 Å². The van der Waals surface area contributed by atoms with Crippen LogP contribution in [0.2, 0.25) is 0 Å². The van der Waals surface area contributed by atoms with Gasteiger partial charge in [0.15, 0.2) is 0 Å². The Labute approximate surface area is 55.2 Å². The Morgan fingerprint density at radius 3 is 2.78 bits per heavy atom. The minimum atomic E-state index is 0.589. The second-order valence-electron chi connectivity index (χ2n) is 1.62. The predicted molar refractivity (Wildman–Crippen MR) is 41.9 cm³/mol. The van der Waals surface area contributed by atoms with E-state index in [1.807, 2.05) is 6.92 Å². The molecule has 0 radical (unpaired) electrons. The first-order valence-electron chi connectivity index (χ1n) is 2.67. The maximum absolute atomic E-state index is 3.92. The summed E-state index contributed by atoms with van der Waals surface area (Å²) in [5, 5.41) is 0. The monoisotopic (exact) mass is 125 g/mol. The fourth-order valence-corrected chi connectivity index (χ4v) is 0.359. The molecule has 0 saturated carbocycles. The van der Waals surface area contributed by atoms with Gasteiger partial charge in [0.25, 0.3) is 0 Å². The Bertz CT molecular complexity index is 135. The van der Waals surface area contributed by atoms with Crippen molar-refractivity contribution >= 4 is 18.8 Å². The second-order valence-corrected chi connectivity index (χ2v) is 1.62. The van der Waals surface area contributed by atoms with Crippen LogP contribution < -0.4 is 0 Å². The first-order valence-corrected chi connectivity index (χ1v) is 2.67. The molecule has 0 heterocycles. The highest BCUT2D eigenvalue weighted by molar-refractivity contribution is 5.90. The molecular weight excluding hydrogens is 114 g/mol. The molecule has 0 amide bonds. The van der Waals surface area contributed by atoms with Crippen molar-refractivity contribution in [3.63, 3.8) is 0 Å². The van der Waals surface area contributed by atoms with E-state index >= 15 is 0 Å².